The Morgan fingerprint density at radius 3 is 2.50 bits per heavy atom. The number of pyridine rings is 1. The van der Waals surface area contributed by atoms with Crippen LogP contribution in [-0.4, -0.2) is 16.4 Å². The van der Waals surface area contributed by atoms with Gasteiger partial charge in [0.1, 0.15) is 11.4 Å². The minimum Gasteiger partial charge on any atom is -0.366 e. The molecule has 0 radical (unpaired) electrons. The highest BCUT2D eigenvalue weighted by Crippen LogP contribution is 2.19. The molecule has 0 saturated carbocycles. The van der Waals surface area contributed by atoms with Crippen LogP contribution in [-0.2, 0) is 0 Å². The van der Waals surface area contributed by atoms with Gasteiger partial charge in [0.2, 0.25) is 0 Å². The number of primary amides is 1. The van der Waals surface area contributed by atoms with Gasteiger partial charge < -0.3 is 11.1 Å². The van der Waals surface area contributed by atoms with E-state index in [-0.39, 0.29) is 22.7 Å². The van der Waals surface area contributed by atoms with Crippen molar-refractivity contribution >= 4 is 17.5 Å². The Morgan fingerprint density at radius 1 is 1.10 bits per heavy atom. The van der Waals surface area contributed by atoms with Crippen molar-refractivity contribution in [2.24, 2.45) is 5.73 Å². The molecule has 0 spiro atoms. The monoisotopic (exact) mass is 407 g/mol. The molecule has 7 heteroatoms. The van der Waals surface area contributed by atoms with Gasteiger partial charge in [0, 0.05) is 17.6 Å². The molecule has 0 unspecified atom stereocenters. The van der Waals surface area contributed by atoms with E-state index in [0.717, 1.165) is 17.7 Å². The molecule has 1 heterocycles. The lowest BCUT2D eigenvalue weighted by Gasteiger charge is -2.13. The Morgan fingerprint density at radius 2 is 1.83 bits per heavy atom. The van der Waals surface area contributed by atoms with Crippen LogP contribution in [0.5, 0.6) is 0 Å². The average Bonchev–Trinajstić information content (AvgIpc) is 2.69. The molecule has 0 aliphatic heterocycles. The summed E-state index contributed by atoms with van der Waals surface area (Å²) in [6.07, 6.45) is 1.62. The zero-order valence-corrected chi connectivity index (χ0v) is 16.9. The Kier molecular flexibility index (Phi) is 5.82. The SMILES string of the molecule is Cc1ccn(-c2cccc(C(C)C)c2)c(=O)c1C(=O)Nc1ccc(F)c(C(N)=O)c1. The Labute approximate surface area is 173 Å². The van der Waals surface area contributed by atoms with Crippen molar-refractivity contribution in [1.29, 1.82) is 0 Å². The molecule has 3 rings (SSSR count). The Bertz CT molecular complexity index is 1200. The largest absolute Gasteiger partial charge is 0.366 e. The van der Waals surface area contributed by atoms with E-state index in [0.29, 0.717) is 11.3 Å². The molecule has 0 aliphatic carbocycles. The molecule has 2 aromatic carbocycles. The van der Waals surface area contributed by atoms with E-state index in [2.05, 4.69) is 19.2 Å². The number of nitrogens with zero attached hydrogens (tertiary/aromatic N) is 1. The average molecular weight is 407 g/mol. The third-order valence-electron chi connectivity index (χ3n) is 4.83. The van der Waals surface area contributed by atoms with E-state index in [4.69, 9.17) is 5.73 Å². The maximum absolute atomic E-state index is 13.7. The van der Waals surface area contributed by atoms with Crippen LogP contribution >= 0.6 is 0 Å². The fourth-order valence-electron chi connectivity index (χ4n) is 3.13. The van der Waals surface area contributed by atoms with E-state index in [1.807, 2.05) is 18.2 Å². The van der Waals surface area contributed by atoms with Crippen molar-refractivity contribution < 1.29 is 14.0 Å². The van der Waals surface area contributed by atoms with Gasteiger partial charge in [-0.1, -0.05) is 26.0 Å². The molecule has 0 bridgehead atoms. The lowest BCUT2D eigenvalue weighted by atomic mass is 10.0. The summed E-state index contributed by atoms with van der Waals surface area (Å²) in [5.74, 6) is -2.11. The van der Waals surface area contributed by atoms with Crippen molar-refractivity contribution in [3.05, 3.63) is 93.2 Å². The van der Waals surface area contributed by atoms with Gasteiger partial charge in [0.05, 0.1) is 5.56 Å². The summed E-state index contributed by atoms with van der Waals surface area (Å²) < 4.78 is 15.1. The van der Waals surface area contributed by atoms with E-state index in [1.54, 1.807) is 25.3 Å². The van der Waals surface area contributed by atoms with Crippen molar-refractivity contribution in [2.75, 3.05) is 5.32 Å². The van der Waals surface area contributed by atoms with Crippen LogP contribution in [0.25, 0.3) is 5.69 Å². The van der Waals surface area contributed by atoms with E-state index < -0.39 is 23.2 Å². The van der Waals surface area contributed by atoms with Gasteiger partial charge in [0.25, 0.3) is 17.4 Å². The first-order chi connectivity index (χ1) is 14.2. The summed E-state index contributed by atoms with van der Waals surface area (Å²) in [7, 11) is 0. The zero-order valence-electron chi connectivity index (χ0n) is 16.9. The topological polar surface area (TPSA) is 94.2 Å². The van der Waals surface area contributed by atoms with Crippen molar-refractivity contribution in [3.8, 4) is 5.69 Å². The number of carbonyl (C=O) groups is 2. The fourth-order valence-corrected chi connectivity index (χ4v) is 3.13. The van der Waals surface area contributed by atoms with Gasteiger partial charge in [-0.15, -0.1) is 0 Å². The second kappa shape index (κ2) is 8.32. The van der Waals surface area contributed by atoms with Crippen LogP contribution in [0.4, 0.5) is 10.1 Å². The van der Waals surface area contributed by atoms with Gasteiger partial charge in [0.15, 0.2) is 0 Å². The molecule has 3 N–H and O–H groups in total. The second-order valence-corrected chi connectivity index (χ2v) is 7.31. The predicted molar refractivity (Wildman–Crippen MR) is 114 cm³/mol. The Balaban J connectivity index is 2.01. The molecular weight excluding hydrogens is 385 g/mol. The van der Waals surface area contributed by atoms with Crippen LogP contribution in [0.2, 0.25) is 0 Å². The van der Waals surface area contributed by atoms with Gasteiger partial charge in [-0.25, -0.2) is 4.39 Å². The summed E-state index contributed by atoms with van der Waals surface area (Å²) in [4.78, 5) is 37.3. The standard InChI is InChI=1S/C23H22FN3O3/c1-13(2)15-5-4-6-17(11-15)27-10-9-14(3)20(23(27)30)22(29)26-16-7-8-19(24)18(12-16)21(25)28/h4-13H,1-3H3,(H2,25,28)(H,26,29). The van der Waals surface area contributed by atoms with Crippen molar-refractivity contribution in [2.45, 2.75) is 26.7 Å². The molecule has 0 fully saturated rings. The minimum atomic E-state index is -0.952. The van der Waals surface area contributed by atoms with Crippen LogP contribution in [0, 0.1) is 12.7 Å². The number of amides is 2. The van der Waals surface area contributed by atoms with Crippen LogP contribution in [0.3, 0.4) is 0 Å². The minimum absolute atomic E-state index is 0.0441. The quantitative estimate of drug-likeness (QED) is 0.674. The van der Waals surface area contributed by atoms with E-state index in [1.165, 1.54) is 10.6 Å². The number of carbonyl (C=O) groups excluding carboxylic acids is 2. The third kappa shape index (κ3) is 4.15. The number of nitrogens with one attached hydrogen (secondary N) is 1. The number of anilines is 1. The van der Waals surface area contributed by atoms with Crippen LogP contribution < -0.4 is 16.6 Å². The zero-order chi connectivity index (χ0) is 22.0. The number of halogens is 1. The van der Waals surface area contributed by atoms with E-state index in [9.17, 15) is 18.8 Å². The highest BCUT2D eigenvalue weighted by Gasteiger charge is 2.18. The summed E-state index contributed by atoms with van der Waals surface area (Å²) in [5, 5.41) is 2.54. The molecule has 0 saturated heterocycles. The van der Waals surface area contributed by atoms with Crippen LogP contribution in [0.15, 0.2) is 59.5 Å². The summed E-state index contributed by atoms with van der Waals surface area (Å²) >= 11 is 0. The molecule has 154 valence electrons. The number of hydrogen-bond donors (Lipinski definition) is 2. The van der Waals surface area contributed by atoms with Crippen molar-refractivity contribution in [3.63, 3.8) is 0 Å². The first-order valence-electron chi connectivity index (χ1n) is 9.42. The summed E-state index contributed by atoms with van der Waals surface area (Å²) in [5.41, 5.74) is 6.64. The molecule has 2 amide bonds. The van der Waals surface area contributed by atoms with Crippen molar-refractivity contribution in [1.82, 2.24) is 4.57 Å². The normalized spacial score (nSPS) is 10.8. The maximum Gasteiger partial charge on any atom is 0.268 e. The molecule has 0 atom stereocenters. The second-order valence-electron chi connectivity index (χ2n) is 7.31. The lowest BCUT2D eigenvalue weighted by molar-refractivity contribution is 0.0992. The molecule has 3 aromatic rings. The molecule has 1 aromatic heterocycles. The first kappa shape index (κ1) is 21.0. The fraction of sp³-hybridized carbons (Fsp3) is 0.174. The molecule has 6 nitrogen and oxygen atoms in total. The number of rotatable bonds is 5. The van der Waals surface area contributed by atoms with Gasteiger partial charge in [-0.2, -0.15) is 0 Å². The third-order valence-corrected chi connectivity index (χ3v) is 4.83. The highest BCUT2D eigenvalue weighted by molar-refractivity contribution is 6.05. The maximum atomic E-state index is 13.7. The number of nitrogens with two attached hydrogens (primary N) is 1. The number of aromatic nitrogens is 1. The first-order valence-corrected chi connectivity index (χ1v) is 9.42. The smallest absolute Gasteiger partial charge is 0.268 e. The predicted octanol–water partition coefficient (Wildman–Crippen LogP) is 3.76. The van der Waals surface area contributed by atoms with Gasteiger partial charge in [-0.05, 0) is 60.4 Å². The van der Waals surface area contributed by atoms with Gasteiger partial charge >= 0.3 is 0 Å². The Hall–Kier alpha value is -3.74. The highest BCUT2D eigenvalue weighted by atomic mass is 19.1. The van der Waals surface area contributed by atoms with E-state index >= 15 is 0 Å². The number of hydrogen-bond acceptors (Lipinski definition) is 3. The molecule has 0 aliphatic rings. The molecular formula is C23H22FN3O3. The van der Waals surface area contributed by atoms with Crippen LogP contribution in [0.1, 0.15) is 51.6 Å². The van der Waals surface area contributed by atoms with Gasteiger partial charge in [-0.3, -0.25) is 19.0 Å². The number of benzene rings is 2. The summed E-state index contributed by atoms with van der Waals surface area (Å²) in [6, 6.07) is 12.7. The number of aryl methyl sites for hydroxylation is 1. The lowest BCUT2D eigenvalue weighted by Crippen LogP contribution is -2.29. The summed E-state index contributed by atoms with van der Waals surface area (Å²) in [6.45, 7) is 5.77. The molecule has 30 heavy (non-hydrogen) atoms.